The van der Waals surface area contributed by atoms with Gasteiger partial charge in [0.05, 0.1) is 11.1 Å². The molecule has 0 saturated heterocycles. The molecule has 8 nitrogen and oxygen atoms in total. The number of rotatable bonds is 1. The number of aromatic nitrogens is 3. The fourth-order valence-corrected chi connectivity index (χ4v) is 1.11. The Bertz CT molecular complexity index is 605. The molecule has 0 spiro atoms. The fourth-order valence-electron chi connectivity index (χ4n) is 1.11. The summed E-state index contributed by atoms with van der Waals surface area (Å²) in [6.45, 7) is 0. The van der Waals surface area contributed by atoms with E-state index in [1.165, 1.54) is 0 Å². The smallest absolute Gasteiger partial charge is 0.352 e. The zero-order valence-corrected chi connectivity index (χ0v) is 7.19. The van der Waals surface area contributed by atoms with Gasteiger partial charge in [0, 0.05) is 0 Å². The highest BCUT2D eigenvalue weighted by molar-refractivity contribution is 5.51. The average molecular weight is 208 g/mol. The van der Waals surface area contributed by atoms with E-state index < -0.39 is 16.2 Å². The van der Waals surface area contributed by atoms with Crippen LogP contribution in [0.3, 0.4) is 0 Å². The minimum Gasteiger partial charge on any atom is -0.503 e. The standard InChI is InChI=1S/C7H4N4O4/c12-5-2-8-3-10-6(5)9-1-4(7(10)13)11(14)15/h1-3,12H. The number of hydrogen-bond donors (Lipinski definition) is 1. The molecule has 2 rings (SSSR count). The van der Waals surface area contributed by atoms with Crippen LogP contribution in [0.2, 0.25) is 0 Å². The van der Waals surface area contributed by atoms with Crippen LogP contribution in [-0.4, -0.2) is 24.4 Å². The summed E-state index contributed by atoms with van der Waals surface area (Å²) in [6.07, 6.45) is 2.95. The van der Waals surface area contributed by atoms with Crippen molar-refractivity contribution in [1.29, 1.82) is 0 Å². The maximum absolute atomic E-state index is 11.5. The van der Waals surface area contributed by atoms with E-state index in [9.17, 15) is 20.0 Å². The Kier molecular flexibility index (Phi) is 1.82. The first-order valence-electron chi connectivity index (χ1n) is 3.80. The Morgan fingerprint density at radius 3 is 2.87 bits per heavy atom. The summed E-state index contributed by atoms with van der Waals surface area (Å²) in [7, 11) is 0. The van der Waals surface area contributed by atoms with Crippen LogP contribution in [-0.2, 0) is 0 Å². The normalized spacial score (nSPS) is 10.4. The van der Waals surface area contributed by atoms with E-state index in [0.717, 1.165) is 23.1 Å². The van der Waals surface area contributed by atoms with Gasteiger partial charge < -0.3 is 5.11 Å². The molecule has 0 aromatic carbocycles. The zero-order chi connectivity index (χ0) is 11.0. The van der Waals surface area contributed by atoms with Gasteiger partial charge in [-0.1, -0.05) is 0 Å². The number of nitrogens with zero attached hydrogens (tertiary/aromatic N) is 4. The maximum Gasteiger partial charge on any atom is 0.352 e. The first kappa shape index (κ1) is 9.06. The topological polar surface area (TPSA) is 111 Å². The molecule has 2 aromatic rings. The molecule has 0 fully saturated rings. The summed E-state index contributed by atoms with van der Waals surface area (Å²) in [6, 6.07) is 0. The van der Waals surface area contributed by atoms with Crippen LogP contribution < -0.4 is 5.56 Å². The second-order valence-corrected chi connectivity index (χ2v) is 2.68. The van der Waals surface area contributed by atoms with Crippen LogP contribution in [0.4, 0.5) is 5.69 Å². The van der Waals surface area contributed by atoms with Gasteiger partial charge in [-0.25, -0.2) is 14.4 Å². The molecule has 0 aliphatic heterocycles. The molecule has 15 heavy (non-hydrogen) atoms. The van der Waals surface area contributed by atoms with E-state index in [1.807, 2.05) is 0 Å². The average Bonchev–Trinajstić information content (AvgIpc) is 2.19. The Morgan fingerprint density at radius 1 is 1.47 bits per heavy atom. The SMILES string of the molecule is O=c1c([N+](=O)[O-])cnc2c(O)cncn12. The molecule has 0 amide bonds. The first-order valence-corrected chi connectivity index (χ1v) is 3.80. The zero-order valence-electron chi connectivity index (χ0n) is 7.19. The van der Waals surface area contributed by atoms with Crippen LogP contribution in [0, 0.1) is 10.1 Å². The van der Waals surface area contributed by atoms with E-state index in [2.05, 4.69) is 9.97 Å². The third kappa shape index (κ3) is 1.27. The fraction of sp³-hybridized carbons (Fsp3) is 0. The van der Waals surface area contributed by atoms with E-state index in [4.69, 9.17) is 0 Å². The van der Waals surface area contributed by atoms with Gasteiger partial charge in [0.1, 0.15) is 12.5 Å². The van der Waals surface area contributed by atoms with E-state index >= 15 is 0 Å². The van der Waals surface area contributed by atoms with Crippen LogP contribution in [0.5, 0.6) is 5.75 Å². The van der Waals surface area contributed by atoms with Gasteiger partial charge in [-0.2, -0.15) is 0 Å². The third-order valence-electron chi connectivity index (χ3n) is 1.78. The van der Waals surface area contributed by atoms with Crippen LogP contribution in [0.1, 0.15) is 0 Å². The molecular formula is C7H4N4O4. The number of aromatic hydroxyl groups is 1. The minimum absolute atomic E-state index is 0.0689. The largest absolute Gasteiger partial charge is 0.503 e. The second-order valence-electron chi connectivity index (χ2n) is 2.68. The molecule has 0 atom stereocenters. The Morgan fingerprint density at radius 2 is 2.20 bits per heavy atom. The molecular weight excluding hydrogens is 204 g/mol. The predicted molar refractivity (Wildman–Crippen MR) is 47.6 cm³/mol. The van der Waals surface area contributed by atoms with Crippen LogP contribution in [0.25, 0.3) is 5.65 Å². The van der Waals surface area contributed by atoms with Crippen molar-refractivity contribution in [3.8, 4) is 5.75 Å². The summed E-state index contributed by atoms with van der Waals surface area (Å²) in [5.74, 6) is -0.315. The molecule has 0 unspecified atom stereocenters. The lowest BCUT2D eigenvalue weighted by Gasteiger charge is -1.99. The summed E-state index contributed by atoms with van der Waals surface area (Å²) < 4.78 is 0.813. The number of hydrogen-bond acceptors (Lipinski definition) is 6. The van der Waals surface area contributed by atoms with Crippen molar-refractivity contribution >= 4 is 11.3 Å². The monoisotopic (exact) mass is 208 g/mol. The minimum atomic E-state index is -0.881. The number of nitro groups is 1. The van der Waals surface area contributed by atoms with Crippen LogP contribution in [0.15, 0.2) is 23.5 Å². The summed E-state index contributed by atoms with van der Waals surface area (Å²) in [4.78, 5) is 28.1. The van der Waals surface area contributed by atoms with Crippen molar-refractivity contribution in [3.05, 3.63) is 39.2 Å². The Balaban J connectivity index is 2.92. The Hall–Kier alpha value is -2.51. The summed E-state index contributed by atoms with van der Waals surface area (Å²) >= 11 is 0. The predicted octanol–water partition coefficient (Wildman–Crippen LogP) is -0.297. The molecule has 8 heteroatoms. The molecule has 76 valence electrons. The van der Waals surface area contributed by atoms with Crippen molar-refractivity contribution in [2.75, 3.05) is 0 Å². The summed E-state index contributed by atoms with van der Waals surface area (Å²) in [5, 5.41) is 19.7. The van der Waals surface area contributed by atoms with Gasteiger partial charge in [0.15, 0.2) is 11.4 Å². The second kappa shape index (κ2) is 3.01. The van der Waals surface area contributed by atoms with E-state index in [1.54, 1.807) is 0 Å². The van der Waals surface area contributed by atoms with Gasteiger partial charge in [0.25, 0.3) is 0 Å². The van der Waals surface area contributed by atoms with Gasteiger partial charge in [0.2, 0.25) is 0 Å². The lowest BCUT2D eigenvalue weighted by Crippen LogP contribution is -2.18. The molecule has 2 heterocycles. The van der Waals surface area contributed by atoms with Crippen molar-refractivity contribution < 1.29 is 10.0 Å². The van der Waals surface area contributed by atoms with Gasteiger partial charge in [-0.05, 0) is 0 Å². The lowest BCUT2D eigenvalue weighted by atomic mass is 10.5. The van der Waals surface area contributed by atoms with Gasteiger partial charge >= 0.3 is 11.2 Å². The quantitative estimate of drug-likeness (QED) is 0.508. The summed E-state index contributed by atoms with van der Waals surface area (Å²) in [5.41, 5.74) is -1.62. The van der Waals surface area contributed by atoms with Crippen LogP contribution >= 0.6 is 0 Å². The van der Waals surface area contributed by atoms with Crippen molar-refractivity contribution in [3.63, 3.8) is 0 Å². The molecule has 0 saturated carbocycles. The van der Waals surface area contributed by atoms with Gasteiger partial charge in [-0.15, -0.1) is 0 Å². The van der Waals surface area contributed by atoms with Crippen molar-refractivity contribution in [2.45, 2.75) is 0 Å². The highest BCUT2D eigenvalue weighted by Gasteiger charge is 2.16. The third-order valence-corrected chi connectivity index (χ3v) is 1.78. The first-order chi connectivity index (χ1) is 7.11. The highest BCUT2D eigenvalue weighted by atomic mass is 16.6. The van der Waals surface area contributed by atoms with E-state index in [-0.39, 0.29) is 11.4 Å². The molecule has 0 bridgehead atoms. The maximum atomic E-state index is 11.5. The Labute approximate surface area is 81.6 Å². The van der Waals surface area contributed by atoms with Crippen molar-refractivity contribution in [1.82, 2.24) is 14.4 Å². The molecule has 0 aliphatic rings. The molecule has 0 radical (unpaired) electrons. The molecule has 1 N–H and O–H groups in total. The van der Waals surface area contributed by atoms with Gasteiger partial charge in [-0.3, -0.25) is 14.9 Å². The lowest BCUT2D eigenvalue weighted by molar-refractivity contribution is -0.386. The van der Waals surface area contributed by atoms with Crippen molar-refractivity contribution in [2.24, 2.45) is 0 Å². The molecule has 2 aromatic heterocycles. The van der Waals surface area contributed by atoms with E-state index in [0.29, 0.717) is 0 Å². The number of fused-ring (bicyclic) bond motifs is 1. The highest BCUT2D eigenvalue weighted by Crippen LogP contribution is 2.12. The molecule has 0 aliphatic carbocycles.